The van der Waals surface area contributed by atoms with Crippen LogP contribution in [0.1, 0.15) is 21.5 Å². The first-order chi connectivity index (χ1) is 14.4. The van der Waals surface area contributed by atoms with Crippen LogP contribution in [0.25, 0.3) is 0 Å². The number of carbonyl (C=O) groups excluding carboxylic acids is 1. The lowest BCUT2D eigenvalue weighted by Gasteiger charge is -2.09. The summed E-state index contributed by atoms with van der Waals surface area (Å²) in [6.45, 7) is 0.0277. The Hall–Kier alpha value is -3.72. The maximum Gasteiger partial charge on any atom is 0.331 e. The minimum atomic E-state index is -0.869. The largest absolute Gasteiger partial charge is 0.494 e. The number of aryl methyl sites for hydroxylation is 1. The number of rotatable bonds is 6. The standard InChI is InChI=1S/C20H16ClFN4O4/c21-16-4-2-1-3-14(16)18(28)25-23-11-15-17(27)24-20(30)26(19(15)29)10-9-12-5-7-13(22)8-6-12/h1-8,11,29H,9-10H2,(H,25,28)(H,24,27,30)/b23-11+. The molecule has 2 aromatic carbocycles. The third-order valence-corrected chi connectivity index (χ3v) is 4.55. The molecule has 1 heterocycles. The molecule has 0 aliphatic carbocycles. The molecule has 0 saturated heterocycles. The number of halogens is 2. The predicted molar refractivity (Wildman–Crippen MR) is 110 cm³/mol. The molecule has 3 N–H and O–H groups in total. The highest BCUT2D eigenvalue weighted by atomic mass is 35.5. The average molecular weight is 431 g/mol. The van der Waals surface area contributed by atoms with Gasteiger partial charge < -0.3 is 5.11 Å². The van der Waals surface area contributed by atoms with Gasteiger partial charge >= 0.3 is 5.69 Å². The van der Waals surface area contributed by atoms with Crippen molar-refractivity contribution in [1.82, 2.24) is 15.0 Å². The van der Waals surface area contributed by atoms with Crippen molar-refractivity contribution in [2.45, 2.75) is 13.0 Å². The summed E-state index contributed by atoms with van der Waals surface area (Å²) in [5, 5.41) is 14.2. The van der Waals surface area contributed by atoms with Gasteiger partial charge in [-0.15, -0.1) is 0 Å². The summed E-state index contributed by atoms with van der Waals surface area (Å²) in [6, 6.07) is 12.0. The number of hydrazone groups is 1. The molecular formula is C20H16ClFN4O4. The van der Waals surface area contributed by atoms with Crippen LogP contribution in [0, 0.1) is 5.82 Å². The Labute approximate surface area is 174 Å². The molecule has 30 heavy (non-hydrogen) atoms. The lowest BCUT2D eigenvalue weighted by molar-refractivity contribution is 0.0955. The van der Waals surface area contributed by atoms with Crippen molar-refractivity contribution in [3.8, 4) is 5.88 Å². The van der Waals surface area contributed by atoms with E-state index in [9.17, 15) is 23.9 Å². The van der Waals surface area contributed by atoms with Crippen LogP contribution >= 0.6 is 11.6 Å². The monoisotopic (exact) mass is 430 g/mol. The molecule has 1 aromatic heterocycles. The molecule has 3 aromatic rings. The molecule has 0 radical (unpaired) electrons. The second-order valence-electron chi connectivity index (χ2n) is 6.20. The summed E-state index contributed by atoms with van der Waals surface area (Å²) in [5.41, 5.74) is 1.12. The number of aromatic nitrogens is 2. The molecular weight excluding hydrogens is 415 g/mol. The zero-order chi connectivity index (χ0) is 21.7. The maximum absolute atomic E-state index is 13.0. The summed E-state index contributed by atoms with van der Waals surface area (Å²) >= 11 is 5.93. The number of amides is 1. The van der Waals surface area contributed by atoms with Gasteiger partial charge in [0.15, 0.2) is 0 Å². The van der Waals surface area contributed by atoms with Gasteiger partial charge in [0.2, 0.25) is 5.88 Å². The SMILES string of the molecule is O=C(N/N=C/c1c(O)n(CCc2ccc(F)cc2)c(=O)[nH]c1=O)c1ccccc1Cl. The van der Waals surface area contributed by atoms with Gasteiger partial charge in [0.1, 0.15) is 11.4 Å². The third kappa shape index (κ3) is 4.81. The number of hydrogen-bond donors (Lipinski definition) is 3. The minimum Gasteiger partial charge on any atom is -0.494 e. The molecule has 0 spiro atoms. The highest BCUT2D eigenvalue weighted by Crippen LogP contribution is 2.14. The van der Waals surface area contributed by atoms with Crippen LogP contribution < -0.4 is 16.7 Å². The number of aromatic amines is 1. The summed E-state index contributed by atoms with van der Waals surface area (Å²) in [4.78, 5) is 38.3. The predicted octanol–water partition coefficient (Wildman–Crippen LogP) is 2.04. The molecule has 154 valence electrons. The Morgan fingerprint density at radius 3 is 2.60 bits per heavy atom. The molecule has 0 aliphatic rings. The first-order valence-electron chi connectivity index (χ1n) is 8.75. The summed E-state index contributed by atoms with van der Waals surface area (Å²) in [5.74, 6) is -1.61. The van der Waals surface area contributed by atoms with Crippen LogP contribution in [-0.4, -0.2) is 26.8 Å². The molecule has 0 bridgehead atoms. The Morgan fingerprint density at radius 1 is 1.20 bits per heavy atom. The normalized spacial score (nSPS) is 11.0. The number of nitrogens with zero attached hydrogens (tertiary/aromatic N) is 2. The summed E-state index contributed by atoms with van der Waals surface area (Å²) in [7, 11) is 0. The Kier molecular flexibility index (Phi) is 6.43. The zero-order valence-electron chi connectivity index (χ0n) is 15.4. The Morgan fingerprint density at radius 2 is 1.90 bits per heavy atom. The van der Waals surface area contributed by atoms with Crippen LogP contribution in [0.15, 0.2) is 63.2 Å². The lowest BCUT2D eigenvalue weighted by Crippen LogP contribution is -2.33. The topological polar surface area (TPSA) is 117 Å². The molecule has 0 saturated carbocycles. The molecule has 3 rings (SSSR count). The molecule has 0 aliphatic heterocycles. The molecule has 1 amide bonds. The van der Waals surface area contributed by atoms with E-state index in [2.05, 4.69) is 15.5 Å². The third-order valence-electron chi connectivity index (χ3n) is 4.22. The summed E-state index contributed by atoms with van der Waals surface area (Å²) in [6.07, 6.45) is 1.23. The number of aromatic hydroxyl groups is 1. The van der Waals surface area contributed by atoms with Crippen LogP contribution in [0.3, 0.4) is 0 Å². The number of H-pyrrole nitrogens is 1. The zero-order valence-corrected chi connectivity index (χ0v) is 16.2. The Balaban J connectivity index is 1.78. The highest BCUT2D eigenvalue weighted by molar-refractivity contribution is 6.33. The van der Waals surface area contributed by atoms with Gasteiger partial charge in [-0.25, -0.2) is 14.6 Å². The van der Waals surface area contributed by atoms with E-state index in [0.717, 1.165) is 16.3 Å². The van der Waals surface area contributed by atoms with E-state index < -0.39 is 23.0 Å². The first kappa shape index (κ1) is 21.0. The van der Waals surface area contributed by atoms with Crippen molar-refractivity contribution in [2.24, 2.45) is 5.10 Å². The van der Waals surface area contributed by atoms with E-state index in [1.807, 2.05) is 0 Å². The van der Waals surface area contributed by atoms with Crippen molar-refractivity contribution >= 4 is 23.7 Å². The molecule has 0 atom stereocenters. The molecule has 8 nitrogen and oxygen atoms in total. The Bertz CT molecular complexity index is 1220. The van der Waals surface area contributed by atoms with Gasteiger partial charge in [0.25, 0.3) is 11.5 Å². The lowest BCUT2D eigenvalue weighted by atomic mass is 10.1. The van der Waals surface area contributed by atoms with Crippen LogP contribution in [0.2, 0.25) is 5.02 Å². The fourth-order valence-electron chi connectivity index (χ4n) is 2.65. The average Bonchev–Trinajstić information content (AvgIpc) is 2.71. The smallest absolute Gasteiger partial charge is 0.331 e. The quantitative estimate of drug-likeness (QED) is 0.410. The van der Waals surface area contributed by atoms with E-state index in [1.165, 1.54) is 24.3 Å². The van der Waals surface area contributed by atoms with Gasteiger partial charge in [0.05, 0.1) is 16.8 Å². The molecule has 10 heteroatoms. The van der Waals surface area contributed by atoms with Crippen molar-refractivity contribution in [2.75, 3.05) is 0 Å². The highest BCUT2D eigenvalue weighted by Gasteiger charge is 2.13. The van der Waals surface area contributed by atoms with E-state index in [-0.39, 0.29) is 28.5 Å². The maximum atomic E-state index is 13.0. The van der Waals surface area contributed by atoms with E-state index >= 15 is 0 Å². The van der Waals surface area contributed by atoms with E-state index in [0.29, 0.717) is 6.42 Å². The number of benzene rings is 2. The molecule has 0 unspecified atom stereocenters. The number of carbonyl (C=O) groups is 1. The van der Waals surface area contributed by atoms with Crippen LogP contribution in [0.5, 0.6) is 5.88 Å². The van der Waals surface area contributed by atoms with Gasteiger partial charge in [-0.05, 0) is 36.2 Å². The van der Waals surface area contributed by atoms with E-state index in [4.69, 9.17) is 11.6 Å². The van der Waals surface area contributed by atoms with Crippen molar-refractivity contribution in [3.63, 3.8) is 0 Å². The van der Waals surface area contributed by atoms with Gasteiger partial charge in [-0.1, -0.05) is 35.9 Å². The first-order valence-corrected chi connectivity index (χ1v) is 9.13. The summed E-state index contributed by atoms with van der Waals surface area (Å²) < 4.78 is 13.9. The van der Waals surface area contributed by atoms with Crippen molar-refractivity contribution in [1.29, 1.82) is 0 Å². The second kappa shape index (κ2) is 9.19. The fraction of sp³-hybridized carbons (Fsp3) is 0.100. The van der Waals surface area contributed by atoms with Crippen LogP contribution in [-0.2, 0) is 13.0 Å². The minimum absolute atomic E-state index is 0.0277. The van der Waals surface area contributed by atoms with Gasteiger partial charge in [-0.2, -0.15) is 5.10 Å². The number of hydrogen-bond acceptors (Lipinski definition) is 5. The van der Waals surface area contributed by atoms with E-state index in [1.54, 1.807) is 24.3 Å². The molecule has 0 fully saturated rings. The van der Waals surface area contributed by atoms with Crippen molar-refractivity contribution < 1.29 is 14.3 Å². The fourth-order valence-corrected chi connectivity index (χ4v) is 2.87. The van der Waals surface area contributed by atoms with Gasteiger partial charge in [0, 0.05) is 6.54 Å². The second-order valence-corrected chi connectivity index (χ2v) is 6.61. The number of nitrogens with one attached hydrogen (secondary N) is 2. The van der Waals surface area contributed by atoms with Crippen molar-refractivity contribution in [3.05, 3.63) is 96.9 Å². The van der Waals surface area contributed by atoms with Crippen LogP contribution in [0.4, 0.5) is 4.39 Å². The van der Waals surface area contributed by atoms with Gasteiger partial charge in [-0.3, -0.25) is 19.1 Å².